The topological polar surface area (TPSA) is 35.2 Å². The van der Waals surface area contributed by atoms with E-state index in [9.17, 15) is 4.39 Å². The fraction of sp³-hybridized carbons (Fsp3) is 0.200. The van der Waals surface area contributed by atoms with Crippen molar-refractivity contribution in [3.8, 4) is 5.75 Å². The summed E-state index contributed by atoms with van der Waals surface area (Å²) in [7, 11) is 0. The van der Waals surface area contributed by atoms with Gasteiger partial charge in [-0.3, -0.25) is 0 Å². The van der Waals surface area contributed by atoms with Gasteiger partial charge >= 0.3 is 0 Å². The molecule has 2 aromatic carbocycles. The molecule has 0 aliphatic rings. The third kappa shape index (κ3) is 3.72. The number of halogens is 3. The summed E-state index contributed by atoms with van der Waals surface area (Å²) < 4.78 is 19.5. The Morgan fingerprint density at radius 3 is 2.70 bits per heavy atom. The number of rotatable bonds is 5. The van der Waals surface area contributed by atoms with Gasteiger partial charge in [0.2, 0.25) is 0 Å². The maximum atomic E-state index is 13.0. The molecule has 2 rings (SSSR count). The van der Waals surface area contributed by atoms with E-state index < -0.39 is 0 Å². The number of hydrogen-bond donors (Lipinski definition) is 1. The molecule has 2 nitrogen and oxygen atoms in total. The van der Waals surface area contributed by atoms with Gasteiger partial charge in [0.1, 0.15) is 18.2 Å². The van der Waals surface area contributed by atoms with Gasteiger partial charge in [0.05, 0.1) is 5.02 Å². The maximum absolute atomic E-state index is 13.0. The summed E-state index contributed by atoms with van der Waals surface area (Å²) in [5, 5.41) is 0.550. The number of ether oxygens (including phenoxy) is 1. The SMILES string of the molecule is NCCc1cccc(Cl)c1OCc1ccc(F)cc1Br. The fourth-order valence-electron chi connectivity index (χ4n) is 1.86. The van der Waals surface area contributed by atoms with Crippen molar-refractivity contribution in [3.63, 3.8) is 0 Å². The highest BCUT2D eigenvalue weighted by atomic mass is 79.9. The average Bonchev–Trinajstić information content (AvgIpc) is 2.40. The second kappa shape index (κ2) is 7.07. The minimum Gasteiger partial charge on any atom is -0.487 e. The second-order valence-electron chi connectivity index (χ2n) is 4.29. The Morgan fingerprint density at radius 2 is 2.00 bits per heavy atom. The van der Waals surface area contributed by atoms with Crippen LogP contribution in [-0.2, 0) is 13.0 Å². The third-order valence-electron chi connectivity index (χ3n) is 2.85. The third-order valence-corrected chi connectivity index (χ3v) is 3.89. The quantitative estimate of drug-likeness (QED) is 0.864. The average molecular weight is 359 g/mol. The highest BCUT2D eigenvalue weighted by Gasteiger charge is 2.09. The van der Waals surface area contributed by atoms with Crippen molar-refractivity contribution in [1.82, 2.24) is 0 Å². The van der Waals surface area contributed by atoms with Crippen LogP contribution in [0.25, 0.3) is 0 Å². The van der Waals surface area contributed by atoms with Crippen LogP contribution in [0.4, 0.5) is 4.39 Å². The van der Waals surface area contributed by atoms with Crippen LogP contribution in [0.3, 0.4) is 0 Å². The maximum Gasteiger partial charge on any atom is 0.141 e. The van der Waals surface area contributed by atoms with Crippen molar-refractivity contribution in [2.24, 2.45) is 5.73 Å². The Hall–Kier alpha value is -1.10. The van der Waals surface area contributed by atoms with Crippen molar-refractivity contribution >= 4 is 27.5 Å². The monoisotopic (exact) mass is 357 g/mol. The van der Waals surface area contributed by atoms with Crippen LogP contribution in [0.1, 0.15) is 11.1 Å². The van der Waals surface area contributed by atoms with Gasteiger partial charge in [0, 0.05) is 10.0 Å². The summed E-state index contributed by atoms with van der Waals surface area (Å²) in [5.41, 5.74) is 7.40. The Bertz CT molecular complexity index is 606. The zero-order valence-electron chi connectivity index (χ0n) is 10.7. The summed E-state index contributed by atoms with van der Waals surface area (Å²) >= 11 is 9.47. The van der Waals surface area contributed by atoms with Crippen LogP contribution in [0, 0.1) is 5.82 Å². The van der Waals surface area contributed by atoms with E-state index in [1.165, 1.54) is 12.1 Å². The van der Waals surface area contributed by atoms with Crippen molar-refractivity contribution in [1.29, 1.82) is 0 Å². The first-order valence-corrected chi connectivity index (χ1v) is 7.33. The Labute approximate surface area is 130 Å². The molecule has 0 heterocycles. The van der Waals surface area contributed by atoms with Gasteiger partial charge in [0.25, 0.3) is 0 Å². The number of nitrogens with two attached hydrogens (primary N) is 1. The lowest BCUT2D eigenvalue weighted by Gasteiger charge is -2.13. The molecule has 0 saturated carbocycles. The summed E-state index contributed by atoms with van der Waals surface area (Å²) in [4.78, 5) is 0. The number of benzene rings is 2. The van der Waals surface area contributed by atoms with Crippen LogP contribution >= 0.6 is 27.5 Å². The van der Waals surface area contributed by atoms with E-state index in [0.29, 0.717) is 34.8 Å². The molecule has 5 heteroatoms. The highest BCUT2D eigenvalue weighted by Crippen LogP contribution is 2.30. The Kier molecular flexibility index (Phi) is 5.40. The van der Waals surface area contributed by atoms with E-state index in [1.807, 2.05) is 12.1 Å². The van der Waals surface area contributed by atoms with Crippen molar-refractivity contribution in [2.45, 2.75) is 13.0 Å². The van der Waals surface area contributed by atoms with Gasteiger partial charge in [-0.1, -0.05) is 45.7 Å². The zero-order valence-corrected chi connectivity index (χ0v) is 13.0. The normalized spacial score (nSPS) is 10.6. The predicted molar refractivity (Wildman–Crippen MR) is 82.6 cm³/mol. The second-order valence-corrected chi connectivity index (χ2v) is 5.55. The van der Waals surface area contributed by atoms with E-state index >= 15 is 0 Å². The lowest BCUT2D eigenvalue weighted by Crippen LogP contribution is -2.06. The van der Waals surface area contributed by atoms with E-state index in [2.05, 4.69) is 15.9 Å². The van der Waals surface area contributed by atoms with Gasteiger partial charge in [-0.15, -0.1) is 0 Å². The molecule has 20 heavy (non-hydrogen) atoms. The first-order chi connectivity index (χ1) is 9.61. The number of para-hydroxylation sites is 1. The van der Waals surface area contributed by atoms with Crippen molar-refractivity contribution in [3.05, 3.63) is 62.8 Å². The lowest BCUT2D eigenvalue weighted by atomic mass is 10.1. The van der Waals surface area contributed by atoms with Crippen LogP contribution in [-0.4, -0.2) is 6.54 Å². The first-order valence-electron chi connectivity index (χ1n) is 6.16. The molecule has 0 saturated heterocycles. The molecular formula is C15H14BrClFNO. The van der Waals surface area contributed by atoms with Crippen LogP contribution in [0.5, 0.6) is 5.75 Å². The summed E-state index contributed by atoms with van der Waals surface area (Å²) in [6, 6.07) is 10.1. The Morgan fingerprint density at radius 1 is 1.20 bits per heavy atom. The largest absolute Gasteiger partial charge is 0.487 e. The zero-order chi connectivity index (χ0) is 14.5. The molecule has 2 N–H and O–H groups in total. The molecule has 106 valence electrons. The molecule has 0 fully saturated rings. The van der Waals surface area contributed by atoms with Crippen LogP contribution in [0.2, 0.25) is 5.02 Å². The molecule has 0 amide bonds. The molecule has 2 aromatic rings. The molecule has 0 bridgehead atoms. The van der Waals surface area contributed by atoms with Crippen molar-refractivity contribution < 1.29 is 9.13 Å². The Balaban J connectivity index is 2.18. The van der Waals surface area contributed by atoms with Gasteiger partial charge in [-0.2, -0.15) is 0 Å². The van der Waals surface area contributed by atoms with E-state index in [4.69, 9.17) is 22.1 Å². The summed E-state index contributed by atoms with van der Waals surface area (Å²) in [5.74, 6) is 0.345. The molecule has 0 aliphatic heterocycles. The molecule has 0 aromatic heterocycles. The van der Waals surface area contributed by atoms with Crippen LogP contribution in [0.15, 0.2) is 40.9 Å². The standard InChI is InChI=1S/C15H14BrClFNO/c16-13-8-12(18)5-4-11(13)9-20-15-10(6-7-19)2-1-3-14(15)17/h1-5,8H,6-7,9,19H2. The van der Waals surface area contributed by atoms with E-state index in [-0.39, 0.29) is 5.82 Å². The molecule has 0 spiro atoms. The fourth-order valence-corrected chi connectivity index (χ4v) is 2.57. The predicted octanol–water partition coefficient (Wildman–Crippen LogP) is 4.32. The summed E-state index contributed by atoms with van der Waals surface area (Å²) in [6.07, 6.45) is 0.695. The molecule has 0 atom stereocenters. The molecule has 0 radical (unpaired) electrons. The first kappa shape index (κ1) is 15.3. The lowest BCUT2D eigenvalue weighted by molar-refractivity contribution is 0.302. The molecule has 0 aliphatic carbocycles. The van der Waals surface area contributed by atoms with Crippen molar-refractivity contribution in [2.75, 3.05) is 6.54 Å². The van der Waals surface area contributed by atoms with E-state index in [1.54, 1.807) is 12.1 Å². The van der Waals surface area contributed by atoms with Gasteiger partial charge in [-0.25, -0.2) is 4.39 Å². The van der Waals surface area contributed by atoms with Crippen LogP contribution < -0.4 is 10.5 Å². The minimum absolute atomic E-state index is 0.290. The molecular weight excluding hydrogens is 345 g/mol. The van der Waals surface area contributed by atoms with Gasteiger partial charge < -0.3 is 10.5 Å². The molecule has 0 unspecified atom stereocenters. The van der Waals surface area contributed by atoms with Gasteiger partial charge in [-0.05, 0) is 36.7 Å². The number of hydrogen-bond acceptors (Lipinski definition) is 2. The smallest absolute Gasteiger partial charge is 0.141 e. The highest BCUT2D eigenvalue weighted by molar-refractivity contribution is 9.10. The summed E-state index contributed by atoms with van der Waals surface area (Å²) in [6.45, 7) is 0.832. The minimum atomic E-state index is -0.290. The van der Waals surface area contributed by atoms with E-state index in [0.717, 1.165) is 11.1 Å². The van der Waals surface area contributed by atoms with Gasteiger partial charge in [0.15, 0.2) is 0 Å².